The van der Waals surface area contributed by atoms with Crippen LogP contribution < -0.4 is 0 Å². The maximum atomic E-state index is 11.4. The molecule has 0 spiro atoms. The fourth-order valence-electron chi connectivity index (χ4n) is 3.25. The van der Waals surface area contributed by atoms with Crippen molar-refractivity contribution in [2.45, 2.75) is 44.9 Å². The van der Waals surface area contributed by atoms with E-state index in [4.69, 9.17) is 0 Å². The monoisotopic (exact) mass is 298 g/mol. The van der Waals surface area contributed by atoms with E-state index in [1.54, 1.807) is 0 Å². The maximum absolute atomic E-state index is 11.4. The normalized spacial score (nSPS) is 17.5. The summed E-state index contributed by atoms with van der Waals surface area (Å²) < 4.78 is 2.06. The molecule has 0 amide bonds. The van der Waals surface area contributed by atoms with Crippen LogP contribution in [0.5, 0.6) is 0 Å². The zero-order valence-electron chi connectivity index (χ0n) is 13.3. The fraction of sp³-hybridized carbons (Fsp3) is 0.444. The van der Waals surface area contributed by atoms with Crippen molar-refractivity contribution < 1.29 is 9.90 Å². The van der Waals surface area contributed by atoms with Gasteiger partial charge in [0.05, 0.1) is 5.69 Å². The highest BCUT2D eigenvalue weighted by molar-refractivity contribution is 5.76. The molecule has 0 aliphatic heterocycles. The van der Waals surface area contributed by atoms with Gasteiger partial charge in [-0.05, 0) is 30.7 Å². The van der Waals surface area contributed by atoms with E-state index in [1.165, 1.54) is 5.56 Å². The Morgan fingerprint density at radius 2 is 2.00 bits per heavy atom. The number of imidazole rings is 1. The number of aliphatic carboxylic acids is 1. The Labute approximate surface area is 130 Å². The third-order valence-electron chi connectivity index (χ3n) is 4.61. The minimum absolute atomic E-state index is 0.460. The van der Waals surface area contributed by atoms with Gasteiger partial charge in [0, 0.05) is 18.3 Å². The van der Waals surface area contributed by atoms with E-state index >= 15 is 0 Å². The lowest BCUT2D eigenvalue weighted by Gasteiger charge is -2.18. The minimum Gasteiger partial charge on any atom is -0.481 e. The van der Waals surface area contributed by atoms with Crippen LogP contribution in [0.15, 0.2) is 24.3 Å². The number of hydrogen-bond donors (Lipinski definition) is 1. The quantitative estimate of drug-likeness (QED) is 0.939. The molecule has 0 saturated carbocycles. The number of carboxylic acid groups (broad SMARTS) is 1. The minimum atomic E-state index is -0.763. The molecule has 1 aliphatic rings. The van der Waals surface area contributed by atoms with E-state index in [9.17, 15) is 9.90 Å². The summed E-state index contributed by atoms with van der Waals surface area (Å²) in [4.78, 5) is 16.1. The number of fused-ring (bicyclic) bond motifs is 1. The van der Waals surface area contributed by atoms with Crippen LogP contribution in [0.25, 0.3) is 11.4 Å². The molecule has 1 aliphatic carbocycles. The molecular weight excluding hydrogens is 276 g/mol. The van der Waals surface area contributed by atoms with Gasteiger partial charge in [-0.3, -0.25) is 4.79 Å². The largest absolute Gasteiger partial charge is 0.481 e. The molecule has 0 bridgehead atoms. The first kappa shape index (κ1) is 14.8. The topological polar surface area (TPSA) is 55.1 Å². The lowest BCUT2D eigenvalue weighted by Crippen LogP contribution is -2.18. The van der Waals surface area contributed by atoms with Gasteiger partial charge in [-0.25, -0.2) is 4.98 Å². The number of nitrogens with zero attached hydrogens (tertiary/aromatic N) is 2. The SMILES string of the molecule is CC(C)c1ccc(-c2nc3c(n2C)CCCC3C(=O)O)cc1. The third-order valence-corrected chi connectivity index (χ3v) is 4.61. The molecule has 116 valence electrons. The summed E-state index contributed by atoms with van der Waals surface area (Å²) in [6.45, 7) is 4.35. The molecule has 1 N–H and O–H groups in total. The average molecular weight is 298 g/mol. The Kier molecular flexibility index (Phi) is 3.77. The molecule has 2 aromatic rings. The zero-order chi connectivity index (χ0) is 15.9. The Hall–Kier alpha value is -2.10. The van der Waals surface area contributed by atoms with Crippen LogP contribution in [0.4, 0.5) is 0 Å². The smallest absolute Gasteiger partial charge is 0.312 e. The van der Waals surface area contributed by atoms with Gasteiger partial charge in [0.1, 0.15) is 11.7 Å². The van der Waals surface area contributed by atoms with Gasteiger partial charge in [-0.2, -0.15) is 0 Å². The number of carboxylic acids is 1. The van der Waals surface area contributed by atoms with E-state index in [-0.39, 0.29) is 0 Å². The number of benzene rings is 1. The van der Waals surface area contributed by atoms with E-state index in [2.05, 4.69) is 47.7 Å². The van der Waals surface area contributed by atoms with Crippen molar-refractivity contribution in [3.63, 3.8) is 0 Å². The lowest BCUT2D eigenvalue weighted by molar-refractivity contribution is -0.139. The second-order valence-electron chi connectivity index (χ2n) is 6.39. The summed E-state index contributed by atoms with van der Waals surface area (Å²) in [6.07, 6.45) is 2.51. The van der Waals surface area contributed by atoms with Crippen LogP contribution in [-0.4, -0.2) is 20.6 Å². The van der Waals surface area contributed by atoms with Crippen LogP contribution in [0, 0.1) is 0 Å². The molecule has 1 unspecified atom stereocenters. The van der Waals surface area contributed by atoms with Crippen LogP contribution in [0.1, 0.15) is 55.5 Å². The molecule has 1 atom stereocenters. The molecule has 4 nitrogen and oxygen atoms in total. The summed E-state index contributed by atoms with van der Waals surface area (Å²) in [5, 5.41) is 9.40. The summed E-state index contributed by atoms with van der Waals surface area (Å²) in [5.74, 6) is 0.146. The molecule has 0 fully saturated rings. The van der Waals surface area contributed by atoms with Gasteiger partial charge in [0.15, 0.2) is 0 Å². The highest BCUT2D eigenvalue weighted by Crippen LogP contribution is 2.34. The summed E-state index contributed by atoms with van der Waals surface area (Å²) in [5.41, 5.74) is 4.17. The Balaban J connectivity index is 2.03. The molecule has 3 rings (SSSR count). The summed E-state index contributed by atoms with van der Waals surface area (Å²) >= 11 is 0. The van der Waals surface area contributed by atoms with E-state index in [0.717, 1.165) is 35.6 Å². The van der Waals surface area contributed by atoms with Gasteiger partial charge >= 0.3 is 5.97 Å². The standard InChI is InChI=1S/C18H22N2O2/c1-11(2)12-7-9-13(10-8-12)17-19-16-14(18(21)22)5-4-6-15(16)20(17)3/h7-11,14H,4-6H2,1-3H3,(H,21,22). The van der Waals surface area contributed by atoms with Crippen LogP contribution in [-0.2, 0) is 18.3 Å². The highest BCUT2D eigenvalue weighted by Gasteiger charge is 2.31. The van der Waals surface area contributed by atoms with Gasteiger partial charge in [-0.15, -0.1) is 0 Å². The van der Waals surface area contributed by atoms with Crippen molar-refractivity contribution >= 4 is 5.97 Å². The zero-order valence-corrected chi connectivity index (χ0v) is 13.3. The molecule has 0 saturated heterocycles. The maximum Gasteiger partial charge on any atom is 0.312 e. The summed E-state index contributed by atoms with van der Waals surface area (Å²) in [6, 6.07) is 8.42. The van der Waals surface area contributed by atoms with Crippen LogP contribution in [0.2, 0.25) is 0 Å². The first-order valence-corrected chi connectivity index (χ1v) is 7.87. The number of rotatable bonds is 3. The van der Waals surface area contributed by atoms with Crippen molar-refractivity contribution in [1.29, 1.82) is 0 Å². The lowest BCUT2D eigenvalue weighted by atomic mass is 9.90. The first-order chi connectivity index (χ1) is 10.5. The van der Waals surface area contributed by atoms with Crippen molar-refractivity contribution in [2.24, 2.45) is 7.05 Å². The predicted octanol–water partition coefficient (Wildman–Crippen LogP) is 3.72. The van der Waals surface area contributed by atoms with Crippen molar-refractivity contribution in [2.75, 3.05) is 0 Å². The molecule has 1 aromatic heterocycles. The third kappa shape index (κ3) is 2.43. The molecular formula is C18H22N2O2. The second kappa shape index (κ2) is 5.59. The number of carbonyl (C=O) groups is 1. The fourth-order valence-corrected chi connectivity index (χ4v) is 3.25. The second-order valence-corrected chi connectivity index (χ2v) is 6.39. The summed E-state index contributed by atoms with van der Waals surface area (Å²) in [7, 11) is 1.99. The predicted molar refractivity (Wildman–Crippen MR) is 86.0 cm³/mol. The van der Waals surface area contributed by atoms with Crippen LogP contribution >= 0.6 is 0 Å². The first-order valence-electron chi connectivity index (χ1n) is 7.87. The van der Waals surface area contributed by atoms with Crippen molar-refractivity contribution in [3.05, 3.63) is 41.2 Å². The van der Waals surface area contributed by atoms with Gasteiger partial charge in [0.25, 0.3) is 0 Å². The Morgan fingerprint density at radius 1 is 1.32 bits per heavy atom. The molecule has 1 aromatic carbocycles. The van der Waals surface area contributed by atoms with E-state index < -0.39 is 11.9 Å². The highest BCUT2D eigenvalue weighted by atomic mass is 16.4. The van der Waals surface area contributed by atoms with E-state index in [1.807, 2.05) is 7.05 Å². The number of hydrogen-bond acceptors (Lipinski definition) is 2. The number of aromatic nitrogens is 2. The van der Waals surface area contributed by atoms with Gasteiger partial charge in [-0.1, -0.05) is 38.1 Å². The van der Waals surface area contributed by atoms with Crippen molar-refractivity contribution in [3.8, 4) is 11.4 Å². The Bertz CT molecular complexity index is 699. The molecule has 0 radical (unpaired) electrons. The van der Waals surface area contributed by atoms with Crippen molar-refractivity contribution in [1.82, 2.24) is 9.55 Å². The average Bonchev–Trinajstić information content (AvgIpc) is 2.84. The molecule has 22 heavy (non-hydrogen) atoms. The van der Waals surface area contributed by atoms with Gasteiger partial charge in [0.2, 0.25) is 0 Å². The van der Waals surface area contributed by atoms with Crippen LogP contribution in [0.3, 0.4) is 0 Å². The molecule has 4 heteroatoms. The molecule has 1 heterocycles. The Morgan fingerprint density at radius 3 is 2.59 bits per heavy atom. The van der Waals surface area contributed by atoms with E-state index in [0.29, 0.717) is 12.3 Å². The van der Waals surface area contributed by atoms with Gasteiger partial charge < -0.3 is 9.67 Å².